The third kappa shape index (κ3) is 2.08. The number of aromatic nitrogens is 5. The van der Waals surface area contributed by atoms with Crippen molar-refractivity contribution >= 4 is 17.1 Å². The van der Waals surface area contributed by atoms with Gasteiger partial charge < -0.3 is 4.90 Å². The molecule has 0 spiro atoms. The van der Waals surface area contributed by atoms with Crippen molar-refractivity contribution in [2.24, 2.45) is 0 Å². The second-order valence-electron chi connectivity index (χ2n) is 3.40. The highest BCUT2D eigenvalue weighted by atomic mass is 19.4. The van der Waals surface area contributed by atoms with Crippen molar-refractivity contribution in [3.63, 3.8) is 0 Å². The number of hydrogen-bond acceptors (Lipinski definition) is 6. The highest BCUT2D eigenvalue weighted by Crippen LogP contribution is 2.32. The lowest BCUT2D eigenvalue weighted by molar-refractivity contribution is -0.139. The highest BCUT2D eigenvalue weighted by Gasteiger charge is 2.37. The number of nitrogens with zero attached hydrogens (tertiary/aromatic N) is 6. The van der Waals surface area contributed by atoms with Gasteiger partial charge in [-0.2, -0.15) is 18.2 Å². The van der Waals surface area contributed by atoms with E-state index in [9.17, 15) is 13.2 Å². The van der Waals surface area contributed by atoms with E-state index in [0.717, 1.165) is 6.33 Å². The Kier molecular flexibility index (Phi) is 2.52. The first-order chi connectivity index (χ1) is 7.89. The molecule has 2 aromatic rings. The zero-order chi connectivity index (χ0) is 12.6. The second-order valence-corrected chi connectivity index (χ2v) is 3.40. The smallest absolute Gasteiger partial charge is 0.347 e. The summed E-state index contributed by atoms with van der Waals surface area (Å²) in [6.45, 7) is 0. The van der Waals surface area contributed by atoms with Crippen LogP contribution in [0.2, 0.25) is 0 Å². The lowest BCUT2D eigenvalue weighted by Gasteiger charge is -2.13. The van der Waals surface area contributed by atoms with Crippen molar-refractivity contribution in [1.82, 2.24) is 25.1 Å². The maximum Gasteiger partial charge on any atom is 0.435 e. The van der Waals surface area contributed by atoms with Crippen LogP contribution in [0.1, 0.15) is 5.69 Å². The number of alkyl halides is 3. The van der Waals surface area contributed by atoms with Gasteiger partial charge in [0.1, 0.15) is 11.8 Å². The van der Waals surface area contributed by atoms with Crippen molar-refractivity contribution < 1.29 is 13.2 Å². The molecular formula is C8H7F3N6. The van der Waals surface area contributed by atoms with Crippen LogP contribution in [0.5, 0.6) is 0 Å². The van der Waals surface area contributed by atoms with Gasteiger partial charge in [-0.25, -0.2) is 9.97 Å². The Bertz CT molecular complexity index is 552. The molecule has 0 aromatic carbocycles. The Hall–Kier alpha value is -2.06. The quantitative estimate of drug-likeness (QED) is 0.742. The normalized spacial score (nSPS) is 11.8. The molecule has 9 heteroatoms. The van der Waals surface area contributed by atoms with Crippen LogP contribution in [0.15, 0.2) is 6.33 Å². The monoisotopic (exact) mass is 244 g/mol. The van der Waals surface area contributed by atoms with Crippen LogP contribution in [0.3, 0.4) is 0 Å². The van der Waals surface area contributed by atoms with Crippen LogP contribution >= 0.6 is 0 Å². The molecular weight excluding hydrogens is 237 g/mol. The van der Waals surface area contributed by atoms with Crippen molar-refractivity contribution in [1.29, 1.82) is 0 Å². The van der Waals surface area contributed by atoms with E-state index >= 15 is 0 Å². The number of anilines is 1. The SMILES string of the molecule is CN(C)c1nc(C(F)(F)F)c2ncnnc2n1. The molecule has 17 heavy (non-hydrogen) atoms. The Morgan fingerprint density at radius 2 is 1.88 bits per heavy atom. The summed E-state index contributed by atoms with van der Waals surface area (Å²) in [5.74, 6) is -0.0906. The molecule has 0 aliphatic heterocycles. The summed E-state index contributed by atoms with van der Waals surface area (Å²) < 4.78 is 38.3. The molecule has 0 saturated heterocycles. The summed E-state index contributed by atoms with van der Waals surface area (Å²) in [5.41, 5.74) is -1.70. The van der Waals surface area contributed by atoms with Crippen LogP contribution in [0.4, 0.5) is 19.1 Å². The van der Waals surface area contributed by atoms with Crippen LogP contribution in [0, 0.1) is 0 Å². The molecule has 0 N–H and O–H groups in total. The van der Waals surface area contributed by atoms with E-state index in [1.54, 1.807) is 0 Å². The average molecular weight is 244 g/mol. The van der Waals surface area contributed by atoms with Crippen LogP contribution in [-0.2, 0) is 6.18 Å². The van der Waals surface area contributed by atoms with E-state index in [1.165, 1.54) is 19.0 Å². The summed E-state index contributed by atoms with van der Waals surface area (Å²) in [7, 11) is 3.07. The predicted molar refractivity (Wildman–Crippen MR) is 52.3 cm³/mol. The molecule has 0 aliphatic carbocycles. The first kappa shape index (κ1) is 11.4. The maximum atomic E-state index is 12.8. The van der Waals surface area contributed by atoms with Crippen molar-refractivity contribution in [3.05, 3.63) is 12.0 Å². The minimum absolute atomic E-state index is 0.0906. The molecule has 90 valence electrons. The minimum Gasteiger partial charge on any atom is -0.347 e. The van der Waals surface area contributed by atoms with Gasteiger partial charge in [-0.1, -0.05) is 0 Å². The lowest BCUT2D eigenvalue weighted by atomic mass is 10.3. The average Bonchev–Trinajstić information content (AvgIpc) is 2.26. The fraction of sp³-hybridized carbons (Fsp3) is 0.375. The fourth-order valence-corrected chi connectivity index (χ4v) is 1.18. The van der Waals surface area contributed by atoms with Gasteiger partial charge in [-0.05, 0) is 0 Å². The molecule has 2 heterocycles. The zero-order valence-corrected chi connectivity index (χ0v) is 8.89. The van der Waals surface area contributed by atoms with Gasteiger partial charge in [-0.3, -0.25) is 0 Å². The molecule has 0 radical (unpaired) electrons. The Morgan fingerprint density at radius 3 is 2.47 bits per heavy atom. The van der Waals surface area contributed by atoms with E-state index in [0.29, 0.717) is 0 Å². The molecule has 2 rings (SSSR count). The molecule has 0 fully saturated rings. The van der Waals surface area contributed by atoms with Gasteiger partial charge >= 0.3 is 6.18 Å². The Labute approximate surface area is 93.5 Å². The van der Waals surface area contributed by atoms with Gasteiger partial charge in [0.2, 0.25) is 11.6 Å². The first-order valence-electron chi connectivity index (χ1n) is 4.49. The number of fused-ring (bicyclic) bond motifs is 1. The summed E-state index contributed by atoms with van der Waals surface area (Å²) in [4.78, 5) is 12.1. The summed E-state index contributed by atoms with van der Waals surface area (Å²) >= 11 is 0. The lowest BCUT2D eigenvalue weighted by Crippen LogP contribution is -2.18. The van der Waals surface area contributed by atoms with Crippen LogP contribution < -0.4 is 4.90 Å². The summed E-state index contributed by atoms with van der Waals surface area (Å²) in [5, 5.41) is 6.91. The van der Waals surface area contributed by atoms with E-state index < -0.39 is 17.4 Å². The fourth-order valence-electron chi connectivity index (χ4n) is 1.18. The van der Waals surface area contributed by atoms with Crippen molar-refractivity contribution in [3.8, 4) is 0 Å². The largest absolute Gasteiger partial charge is 0.435 e. The highest BCUT2D eigenvalue weighted by molar-refractivity contribution is 5.73. The molecule has 0 amide bonds. The topological polar surface area (TPSA) is 67.7 Å². The third-order valence-corrected chi connectivity index (χ3v) is 1.91. The van der Waals surface area contributed by atoms with E-state index in [1.807, 2.05) is 0 Å². The van der Waals surface area contributed by atoms with Crippen LogP contribution in [0.25, 0.3) is 11.2 Å². The summed E-state index contributed by atoms with van der Waals surface area (Å²) in [6.07, 6.45) is -3.68. The summed E-state index contributed by atoms with van der Waals surface area (Å²) in [6, 6.07) is 0. The Balaban J connectivity index is 2.79. The van der Waals surface area contributed by atoms with Gasteiger partial charge in [0, 0.05) is 14.1 Å². The second kappa shape index (κ2) is 3.75. The molecule has 0 bridgehead atoms. The van der Waals surface area contributed by atoms with E-state index in [2.05, 4.69) is 25.1 Å². The first-order valence-corrected chi connectivity index (χ1v) is 4.49. The number of halogens is 3. The van der Waals surface area contributed by atoms with Gasteiger partial charge in [0.15, 0.2) is 5.69 Å². The van der Waals surface area contributed by atoms with Crippen molar-refractivity contribution in [2.75, 3.05) is 19.0 Å². The molecule has 6 nitrogen and oxygen atoms in total. The minimum atomic E-state index is -4.61. The standard InChI is InChI=1S/C8H7F3N6/c1-17(2)7-14-5(8(9,10)11)4-6(15-7)16-13-3-12-4/h3H,1-2H3. The number of hydrogen-bond donors (Lipinski definition) is 0. The van der Waals surface area contributed by atoms with Gasteiger partial charge in [0.25, 0.3) is 0 Å². The zero-order valence-electron chi connectivity index (χ0n) is 8.89. The maximum absolute atomic E-state index is 12.8. The third-order valence-electron chi connectivity index (χ3n) is 1.91. The Morgan fingerprint density at radius 1 is 1.18 bits per heavy atom. The molecule has 2 aromatic heterocycles. The molecule has 0 aliphatic rings. The van der Waals surface area contributed by atoms with Crippen LogP contribution in [-0.4, -0.2) is 39.2 Å². The van der Waals surface area contributed by atoms with E-state index in [-0.39, 0.29) is 11.6 Å². The van der Waals surface area contributed by atoms with Gasteiger partial charge in [-0.15, -0.1) is 10.2 Å². The molecule has 0 atom stereocenters. The molecule has 0 saturated carbocycles. The van der Waals surface area contributed by atoms with Crippen molar-refractivity contribution in [2.45, 2.75) is 6.18 Å². The number of rotatable bonds is 1. The van der Waals surface area contributed by atoms with E-state index in [4.69, 9.17) is 0 Å². The molecule has 0 unspecified atom stereocenters. The van der Waals surface area contributed by atoms with Gasteiger partial charge in [0.05, 0.1) is 0 Å². The predicted octanol–water partition coefficient (Wildman–Crippen LogP) is 0.900.